The van der Waals surface area contributed by atoms with Gasteiger partial charge in [-0.1, -0.05) is 17.7 Å². The van der Waals surface area contributed by atoms with Gasteiger partial charge in [0.25, 0.3) is 5.91 Å². The third-order valence-electron chi connectivity index (χ3n) is 3.02. The lowest BCUT2D eigenvalue weighted by Crippen LogP contribution is -2.36. The van der Waals surface area contributed by atoms with Gasteiger partial charge in [-0.3, -0.25) is 4.79 Å². The molecule has 0 aliphatic heterocycles. The van der Waals surface area contributed by atoms with Crippen molar-refractivity contribution in [2.24, 2.45) is 0 Å². The van der Waals surface area contributed by atoms with Gasteiger partial charge in [0.2, 0.25) is 0 Å². The number of halogens is 1. The van der Waals surface area contributed by atoms with Crippen LogP contribution >= 0.6 is 11.6 Å². The summed E-state index contributed by atoms with van der Waals surface area (Å²) >= 11 is 5.88. The lowest BCUT2D eigenvalue weighted by atomic mass is 10.2. The summed E-state index contributed by atoms with van der Waals surface area (Å²) < 4.78 is 10.7. The van der Waals surface area contributed by atoms with E-state index in [-0.39, 0.29) is 11.9 Å². The molecule has 0 aromatic heterocycles. The number of carbonyl (C=O) groups is 1. The number of ether oxygens (including phenoxy) is 2. The number of hydrogen-bond donors (Lipinski definition) is 1. The topological polar surface area (TPSA) is 47.6 Å². The largest absolute Gasteiger partial charge is 0.497 e. The maximum absolute atomic E-state index is 12.1. The monoisotopic (exact) mass is 319 g/mol. The molecule has 5 heteroatoms. The molecular formula is C17H18ClNO3. The van der Waals surface area contributed by atoms with Crippen LogP contribution in [0.1, 0.15) is 17.3 Å². The van der Waals surface area contributed by atoms with Crippen molar-refractivity contribution in [2.45, 2.75) is 13.0 Å². The van der Waals surface area contributed by atoms with Crippen LogP contribution < -0.4 is 14.8 Å². The smallest absolute Gasteiger partial charge is 0.251 e. The van der Waals surface area contributed by atoms with Gasteiger partial charge in [0.05, 0.1) is 13.2 Å². The first-order valence-corrected chi connectivity index (χ1v) is 7.29. The van der Waals surface area contributed by atoms with E-state index >= 15 is 0 Å². The molecule has 2 rings (SSSR count). The molecule has 0 heterocycles. The minimum absolute atomic E-state index is 0.131. The molecule has 1 amide bonds. The van der Waals surface area contributed by atoms with Gasteiger partial charge in [-0.25, -0.2) is 0 Å². The maximum Gasteiger partial charge on any atom is 0.251 e. The summed E-state index contributed by atoms with van der Waals surface area (Å²) in [7, 11) is 1.61. The Hall–Kier alpha value is -2.20. The molecular weight excluding hydrogens is 302 g/mol. The Kier molecular flexibility index (Phi) is 5.67. The summed E-state index contributed by atoms with van der Waals surface area (Å²) in [6.07, 6.45) is 0. The lowest BCUT2D eigenvalue weighted by molar-refractivity contribution is 0.0926. The van der Waals surface area contributed by atoms with Crippen molar-refractivity contribution in [3.05, 3.63) is 59.1 Å². The summed E-state index contributed by atoms with van der Waals surface area (Å²) in [6, 6.07) is 14.0. The van der Waals surface area contributed by atoms with Crippen molar-refractivity contribution in [1.82, 2.24) is 5.32 Å². The lowest BCUT2D eigenvalue weighted by Gasteiger charge is -2.15. The maximum atomic E-state index is 12.1. The van der Waals surface area contributed by atoms with E-state index in [9.17, 15) is 4.79 Å². The van der Waals surface area contributed by atoms with Crippen LogP contribution in [0.25, 0.3) is 0 Å². The molecule has 0 saturated heterocycles. The minimum atomic E-state index is -0.173. The Morgan fingerprint density at radius 1 is 1.18 bits per heavy atom. The average molecular weight is 320 g/mol. The highest BCUT2D eigenvalue weighted by Gasteiger charge is 2.10. The molecule has 0 fully saturated rings. The van der Waals surface area contributed by atoms with E-state index in [2.05, 4.69) is 5.32 Å². The molecule has 0 unspecified atom stereocenters. The van der Waals surface area contributed by atoms with Gasteiger partial charge >= 0.3 is 0 Å². The molecule has 0 saturated carbocycles. The first-order valence-electron chi connectivity index (χ1n) is 6.92. The predicted octanol–water partition coefficient (Wildman–Crippen LogP) is 3.55. The number of benzene rings is 2. The number of rotatable bonds is 6. The molecule has 0 aliphatic carbocycles. The average Bonchev–Trinajstić information content (AvgIpc) is 2.53. The van der Waals surface area contributed by atoms with Gasteiger partial charge in [0, 0.05) is 10.6 Å². The van der Waals surface area contributed by atoms with E-state index in [0.717, 1.165) is 11.5 Å². The van der Waals surface area contributed by atoms with Gasteiger partial charge in [-0.05, 0) is 49.4 Å². The summed E-state index contributed by atoms with van der Waals surface area (Å²) in [5.74, 6) is 1.33. The second kappa shape index (κ2) is 7.71. The van der Waals surface area contributed by atoms with Crippen LogP contribution in [0, 0.1) is 0 Å². The first-order chi connectivity index (χ1) is 10.6. The fourth-order valence-electron chi connectivity index (χ4n) is 1.87. The Labute approximate surface area is 135 Å². The summed E-state index contributed by atoms with van der Waals surface area (Å²) in [4.78, 5) is 12.1. The van der Waals surface area contributed by atoms with Crippen LogP contribution in [0.3, 0.4) is 0 Å². The van der Waals surface area contributed by atoms with Crippen LogP contribution in [-0.2, 0) is 0 Å². The number of carbonyl (C=O) groups excluding carboxylic acids is 1. The zero-order chi connectivity index (χ0) is 15.9. The number of nitrogens with one attached hydrogen (secondary N) is 1. The molecule has 2 aromatic carbocycles. The van der Waals surface area contributed by atoms with Crippen LogP contribution in [0.2, 0.25) is 5.02 Å². The molecule has 22 heavy (non-hydrogen) atoms. The van der Waals surface area contributed by atoms with Gasteiger partial charge in [-0.2, -0.15) is 0 Å². The Morgan fingerprint density at radius 2 is 1.86 bits per heavy atom. The Bertz CT molecular complexity index is 628. The summed E-state index contributed by atoms with van der Waals surface area (Å²) in [5, 5.41) is 3.41. The highest BCUT2D eigenvalue weighted by atomic mass is 35.5. The quantitative estimate of drug-likeness (QED) is 0.885. The SMILES string of the molecule is COc1ccc(OC[C@H](C)NC(=O)c2cccc(Cl)c2)cc1. The van der Waals surface area contributed by atoms with Crippen molar-refractivity contribution in [2.75, 3.05) is 13.7 Å². The van der Waals surface area contributed by atoms with E-state index in [4.69, 9.17) is 21.1 Å². The highest BCUT2D eigenvalue weighted by molar-refractivity contribution is 6.30. The standard InChI is InChI=1S/C17H18ClNO3/c1-12(11-22-16-8-6-15(21-2)7-9-16)19-17(20)13-4-3-5-14(18)10-13/h3-10,12H,11H2,1-2H3,(H,19,20)/t12-/m0/s1. The molecule has 1 N–H and O–H groups in total. The van der Waals surface area contributed by atoms with Gasteiger partial charge in [-0.15, -0.1) is 0 Å². The van der Waals surface area contributed by atoms with Crippen LogP contribution in [0.4, 0.5) is 0 Å². The van der Waals surface area contributed by atoms with Gasteiger partial charge in [0.15, 0.2) is 0 Å². The zero-order valence-electron chi connectivity index (χ0n) is 12.5. The molecule has 1 atom stereocenters. The van der Waals surface area contributed by atoms with Crippen molar-refractivity contribution >= 4 is 17.5 Å². The first kappa shape index (κ1) is 16.2. The fourth-order valence-corrected chi connectivity index (χ4v) is 2.06. The molecule has 4 nitrogen and oxygen atoms in total. The molecule has 0 aliphatic rings. The van der Waals surface area contributed by atoms with E-state index in [1.54, 1.807) is 31.4 Å². The second-order valence-corrected chi connectivity index (χ2v) is 5.31. The number of hydrogen-bond acceptors (Lipinski definition) is 3. The molecule has 116 valence electrons. The predicted molar refractivity (Wildman–Crippen MR) is 86.9 cm³/mol. The molecule has 0 spiro atoms. The summed E-state index contributed by atoms with van der Waals surface area (Å²) in [6.45, 7) is 2.25. The van der Waals surface area contributed by atoms with Crippen molar-refractivity contribution in [3.8, 4) is 11.5 Å². The van der Waals surface area contributed by atoms with Gasteiger partial charge < -0.3 is 14.8 Å². The highest BCUT2D eigenvalue weighted by Crippen LogP contribution is 2.17. The molecule has 0 bridgehead atoms. The zero-order valence-corrected chi connectivity index (χ0v) is 13.3. The normalized spacial score (nSPS) is 11.6. The fraction of sp³-hybridized carbons (Fsp3) is 0.235. The number of methoxy groups -OCH3 is 1. The van der Waals surface area contributed by atoms with E-state index < -0.39 is 0 Å². The molecule has 0 radical (unpaired) electrons. The van der Waals surface area contributed by atoms with Crippen LogP contribution in [0.5, 0.6) is 11.5 Å². The van der Waals surface area contributed by atoms with Crippen LogP contribution in [0.15, 0.2) is 48.5 Å². The minimum Gasteiger partial charge on any atom is -0.497 e. The Balaban J connectivity index is 1.84. The third kappa shape index (κ3) is 4.67. The van der Waals surface area contributed by atoms with Crippen molar-refractivity contribution < 1.29 is 14.3 Å². The van der Waals surface area contributed by atoms with Crippen molar-refractivity contribution in [3.63, 3.8) is 0 Å². The Morgan fingerprint density at radius 3 is 2.50 bits per heavy atom. The number of amides is 1. The summed E-state index contributed by atoms with van der Waals surface area (Å²) in [5.41, 5.74) is 0.531. The van der Waals surface area contributed by atoms with E-state index in [0.29, 0.717) is 17.2 Å². The van der Waals surface area contributed by atoms with E-state index in [1.165, 1.54) is 0 Å². The second-order valence-electron chi connectivity index (χ2n) is 4.87. The third-order valence-corrected chi connectivity index (χ3v) is 3.26. The van der Waals surface area contributed by atoms with E-state index in [1.807, 2.05) is 31.2 Å². The molecule has 2 aromatic rings. The van der Waals surface area contributed by atoms with Crippen LogP contribution in [-0.4, -0.2) is 25.7 Å². The van der Waals surface area contributed by atoms with Gasteiger partial charge in [0.1, 0.15) is 18.1 Å². The van der Waals surface area contributed by atoms with Crippen molar-refractivity contribution in [1.29, 1.82) is 0 Å².